The van der Waals surface area contributed by atoms with Gasteiger partial charge in [0.05, 0.1) is 0 Å². The van der Waals surface area contributed by atoms with Crippen molar-refractivity contribution in [1.82, 2.24) is 20.5 Å². The number of pyridine rings is 1. The Morgan fingerprint density at radius 2 is 1.86 bits per heavy atom. The Morgan fingerprint density at radius 1 is 1.17 bits per heavy atom. The van der Waals surface area contributed by atoms with Crippen molar-refractivity contribution in [2.45, 2.75) is 72.5 Å². The number of hydrogen-bond acceptors (Lipinski definition) is 4. The van der Waals surface area contributed by atoms with Crippen molar-refractivity contribution in [2.24, 2.45) is 10.9 Å². The molecule has 1 aliphatic heterocycles. The van der Waals surface area contributed by atoms with Gasteiger partial charge in [-0.1, -0.05) is 13.0 Å². The molecule has 2 rings (SSSR count). The van der Waals surface area contributed by atoms with Gasteiger partial charge in [0, 0.05) is 58.1 Å². The number of aliphatic imine (C=N–C) groups is 1. The number of aromatic nitrogens is 1. The molecule has 0 radical (unpaired) electrons. The molecule has 0 unspecified atom stereocenters. The highest BCUT2D eigenvalue weighted by molar-refractivity contribution is 5.79. The van der Waals surface area contributed by atoms with E-state index in [0.29, 0.717) is 12.1 Å². The van der Waals surface area contributed by atoms with Crippen molar-refractivity contribution in [1.29, 1.82) is 0 Å². The lowest BCUT2D eigenvalue weighted by atomic mass is 9.99. The summed E-state index contributed by atoms with van der Waals surface area (Å²) < 4.78 is 0. The Hall–Kier alpha value is -1.82. The van der Waals surface area contributed by atoms with Gasteiger partial charge in [0.15, 0.2) is 5.96 Å². The first-order valence-electron chi connectivity index (χ1n) is 11.3. The zero-order chi connectivity index (χ0) is 21.2. The fourth-order valence-corrected chi connectivity index (χ4v) is 3.93. The molecule has 164 valence electrons. The molecule has 1 aromatic heterocycles. The van der Waals surface area contributed by atoms with Crippen LogP contribution in [0.25, 0.3) is 0 Å². The summed E-state index contributed by atoms with van der Waals surface area (Å²) in [5.74, 6) is 2.79. The Kier molecular flexibility index (Phi) is 9.71. The van der Waals surface area contributed by atoms with Crippen LogP contribution in [0.15, 0.2) is 23.3 Å². The average Bonchev–Trinajstić information content (AvgIpc) is 2.70. The molecule has 0 atom stereocenters. The largest absolute Gasteiger partial charge is 0.357 e. The van der Waals surface area contributed by atoms with Gasteiger partial charge in [-0.15, -0.1) is 0 Å². The van der Waals surface area contributed by atoms with Crippen molar-refractivity contribution >= 4 is 11.8 Å². The lowest BCUT2D eigenvalue weighted by Crippen LogP contribution is -2.41. The SMILES string of the molecule is CN=C(NCCCN(C(C)C)C(C)C)NCc1ccc(N2CCC(C)CC2)nc1. The van der Waals surface area contributed by atoms with Gasteiger partial charge < -0.3 is 15.5 Å². The first-order valence-corrected chi connectivity index (χ1v) is 11.3. The standard InChI is InChI=1S/C23H42N6/c1-18(2)29(19(3)4)13-7-12-25-23(24-6)27-17-21-8-9-22(26-16-21)28-14-10-20(5)11-15-28/h8-9,16,18-20H,7,10-15,17H2,1-6H3,(H2,24,25,27). The van der Waals surface area contributed by atoms with E-state index in [4.69, 9.17) is 0 Å². The lowest BCUT2D eigenvalue weighted by Gasteiger charge is -2.31. The summed E-state index contributed by atoms with van der Waals surface area (Å²) in [5, 5.41) is 6.82. The normalized spacial score (nSPS) is 16.2. The van der Waals surface area contributed by atoms with E-state index in [0.717, 1.165) is 56.8 Å². The molecule has 29 heavy (non-hydrogen) atoms. The third-order valence-electron chi connectivity index (χ3n) is 5.81. The molecule has 2 N–H and O–H groups in total. The van der Waals surface area contributed by atoms with Crippen LogP contribution in [0.3, 0.4) is 0 Å². The maximum atomic E-state index is 4.68. The fourth-order valence-electron chi connectivity index (χ4n) is 3.93. The van der Waals surface area contributed by atoms with Gasteiger partial charge in [0.25, 0.3) is 0 Å². The van der Waals surface area contributed by atoms with E-state index in [1.165, 1.54) is 18.4 Å². The zero-order valence-electron chi connectivity index (χ0n) is 19.4. The second-order valence-electron chi connectivity index (χ2n) is 8.83. The summed E-state index contributed by atoms with van der Waals surface area (Å²) in [6.45, 7) is 16.4. The molecule has 1 aliphatic rings. The van der Waals surface area contributed by atoms with Crippen molar-refractivity contribution in [3.63, 3.8) is 0 Å². The van der Waals surface area contributed by atoms with Gasteiger partial charge in [-0.3, -0.25) is 9.89 Å². The van der Waals surface area contributed by atoms with Crippen molar-refractivity contribution in [3.8, 4) is 0 Å². The molecule has 0 aliphatic carbocycles. The van der Waals surface area contributed by atoms with Crippen LogP contribution >= 0.6 is 0 Å². The van der Waals surface area contributed by atoms with Crippen LogP contribution in [0.2, 0.25) is 0 Å². The van der Waals surface area contributed by atoms with E-state index < -0.39 is 0 Å². The number of anilines is 1. The number of hydrogen-bond donors (Lipinski definition) is 2. The minimum absolute atomic E-state index is 0.580. The predicted octanol–water partition coefficient (Wildman–Crippen LogP) is 3.49. The van der Waals surface area contributed by atoms with Gasteiger partial charge in [-0.2, -0.15) is 0 Å². The van der Waals surface area contributed by atoms with Gasteiger partial charge in [0.2, 0.25) is 0 Å². The summed E-state index contributed by atoms with van der Waals surface area (Å²) in [6, 6.07) is 5.48. The molecular formula is C23H42N6. The number of piperidine rings is 1. The van der Waals surface area contributed by atoms with E-state index in [1.807, 2.05) is 13.2 Å². The van der Waals surface area contributed by atoms with Crippen LogP contribution in [0, 0.1) is 5.92 Å². The molecule has 1 fully saturated rings. The molecular weight excluding hydrogens is 360 g/mol. The fraction of sp³-hybridized carbons (Fsp3) is 0.739. The number of guanidine groups is 1. The van der Waals surface area contributed by atoms with Crippen molar-refractivity contribution in [3.05, 3.63) is 23.9 Å². The third-order valence-corrected chi connectivity index (χ3v) is 5.81. The maximum Gasteiger partial charge on any atom is 0.191 e. The highest BCUT2D eigenvalue weighted by Gasteiger charge is 2.16. The van der Waals surface area contributed by atoms with Crippen molar-refractivity contribution in [2.75, 3.05) is 38.1 Å². The summed E-state index contributed by atoms with van der Waals surface area (Å²) in [7, 11) is 1.82. The average molecular weight is 403 g/mol. The van der Waals surface area contributed by atoms with Crippen molar-refractivity contribution < 1.29 is 0 Å². The zero-order valence-corrected chi connectivity index (χ0v) is 19.4. The van der Waals surface area contributed by atoms with E-state index in [1.54, 1.807) is 0 Å². The monoisotopic (exact) mass is 402 g/mol. The summed E-state index contributed by atoms with van der Waals surface area (Å²) in [6.07, 6.45) is 5.61. The topological polar surface area (TPSA) is 55.8 Å². The number of rotatable bonds is 9. The molecule has 0 amide bonds. The van der Waals surface area contributed by atoms with E-state index in [2.05, 4.69) is 77.2 Å². The van der Waals surface area contributed by atoms with Gasteiger partial charge in [-0.25, -0.2) is 4.98 Å². The third kappa shape index (κ3) is 7.84. The second kappa shape index (κ2) is 12.0. The smallest absolute Gasteiger partial charge is 0.191 e. The second-order valence-corrected chi connectivity index (χ2v) is 8.83. The molecule has 0 saturated carbocycles. The summed E-state index contributed by atoms with van der Waals surface area (Å²) in [4.78, 5) is 13.9. The van der Waals surface area contributed by atoms with Crippen LogP contribution < -0.4 is 15.5 Å². The lowest BCUT2D eigenvalue weighted by molar-refractivity contribution is 0.173. The molecule has 6 heteroatoms. The molecule has 1 saturated heterocycles. The number of nitrogens with one attached hydrogen (secondary N) is 2. The highest BCUT2D eigenvalue weighted by Crippen LogP contribution is 2.21. The molecule has 2 heterocycles. The van der Waals surface area contributed by atoms with Gasteiger partial charge in [-0.05, 0) is 64.5 Å². The summed E-state index contributed by atoms with van der Waals surface area (Å²) in [5.41, 5.74) is 1.17. The van der Waals surface area contributed by atoms with Crippen LogP contribution in [0.5, 0.6) is 0 Å². The molecule has 0 bridgehead atoms. The van der Waals surface area contributed by atoms with E-state index in [-0.39, 0.29) is 0 Å². The Bertz CT molecular complexity index is 594. The van der Waals surface area contributed by atoms with Crippen LogP contribution in [-0.4, -0.2) is 61.2 Å². The Balaban J connectivity index is 1.72. The molecule has 6 nitrogen and oxygen atoms in total. The first kappa shape index (κ1) is 23.5. The number of nitrogens with zero attached hydrogens (tertiary/aromatic N) is 4. The van der Waals surface area contributed by atoms with Crippen LogP contribution in [-0.2, 0) is 6.54 Å². The molecule has 0 spiro atoms. The minimum Gasteiger partial charge on any atom is -0.357 e. The van der Waals surface area contributed by atoms with Crippen LogP contribution in [0.4, 0.5) is 5.82 Å². The van der Waals surface area contributed by atoms with Crippen LogP contribution in [0.1, 0.15) is 59.4 Å². The van der Waals surface area contributed by atoms with Gasteiger partial charge >= 0.3 is 0 Å². The highest BCUT2D eigenvalue weighted by atomic mass is 15.2. The Morgan fingerprint density at radius 3 is 2.41 bits per heavy atom. The molecule has 0 aromatic carbocycles. The molecule has 1 aromatic rings. The maximum absolute atomic E-state index is 4.68. The van der Waals surface area contributed by atoms with Gasteiger partial charge in [0.1, 0.15) is 5.82 Å². The predicted molar refractivity (Wildman–Crippen MR) is 125 cm³/mol. The summed E-state index contributed by atoms with van der Waals surface area (Å²) >= 11 is 0. The Labute approximate surface area is 178 Å². The first-order chi connectivity index (χ1) is 13.9. The van der Waals surface area contributed by atoms with E-state index in [9.17, 15) is 0 Å². The quantitative estimate of drug-likeness (QED) is 0.376. The minimum atomic E-state index is 0.580. The van der Waals surface area contributed by atoms with E-state index >= 15 is 0 Å².